The molecule has 0 aliphatic rings. The third-order valence-corrected chi connectivity index (χ3v) is 5.18. The molecule has 0 radical (unpaired) electrons. The van der Waals surface area contributed by atoms with E-state index in [1.807, 2.05) is 0 Å². The number of nitrogens with one attached hydrogen (secondary N) is 3. The van der Waals surface area contributed by atoms with Crippen LogP contribution in [-0.4, -0.2) is 64.5 Å². The Balaban J connectivity index is 2.99. The Morgan fingerprint density at radius 3 is 2.09 bits per heavy atom. The summed E-state index contributed by atoms with van der Waals surface area (Å²) in [6.45, 7) is 1.79. The zero-order valence-corrected chi connectivity index (χ0v) is 19.8. The molecule has 0 bridgehead atoms. The summed E-state index contributed by atoms with van der Waals surface area (Å²) in [5.41, 5.74) is 11.2. The van der Waals surface area contributed by atoms with Gasteiger partial charge in [0.1, 0.15) is 23.9 Å². The molecule has 9 N–H and O–H groups in total. The quantitative estimate of drug-likeness (QED) is 0.145. The number of unbranched alkanes of at least 4 members (excludes halogenated alkanes) is 2. The highest BCUT2D eigenvalue weighted by Gasteiger charge is 2.28. The molecule has 4 amide bonds. The van der Waals surface area contributed by atoms with Crippen molar-refractivity contribution >= 4 is 29.6 Å². The second kappa shape index (κ2) is 15.3. The summed E-state index contributed by atoms with van der Waals surface area (Å²) in [4.78, 5) is 60.5. The van der Waals surface area contributed by atoms with Crippen LogP contribution >= 0.6 is 0 Å². The maximum absolute atomic E-state index is 13.0. The van der Waals surface area contributed by atoms with E-state index in [1.54, 1.807) is 12.1 Å². The Labute approximate surface area is 203 Å². The van der Waals surface area contributed by atoms with Gasteiger partial charge in [0.25, 0.3) is 0 Å². The first-order chi connectivity index (χ1) is 16.5. The smallest absolute Gasteiger partial charge is 0.325 e. The number of phenolic OH excluding ortho intramolecular Hbond substituents is 1. The summed E-state index contributed by atoms with van der Waals surface area (Å²) in [5.74, 6) is -3.76. The average Bonchev–Trinajstić information content (AvgIpc) is 2.80. The number of carbonyl (C=O) groups is 5. The van der Waals surface area contributed by atoms with Gasteiger partial charge in [-0.15, -0.1) is 0 Å². The molecule has 3 atom stereocenters. The van der Waals surface area contributed by atoms with Gasteiger partial charge in [-0.25, -0.2) is 0 Å². The van der Waals surface area contributed by atoms with Gasteiger partial charge in [-0.05, 0) is 50.4 Å². The predicted octanol–water partition coefficient (Wildman–Crippen LogP) is -0.722. The molecule has 0 aliphatic carbocycles. The number of carboxylic acid groups (broad SMARTS) is 1. The SMILES string of the molecule is C[C@H](NC(=O)[C@H](Cc1ccc(O)cc1)NC(=O)[C@H](CCC(N)=O)NC(=O)CCCCCN)C(=O)O. The molecule has 0 unspecified atom stereocenters. The first-order valence-electron chi connectivity index (χ1n) is 11.4. The summed E-state index contributed by atoms with van der Waals surface area (Å²) in [6.07, 6.45) is 1.99. The lowest BCUT2D eigenvalue weighted by atomic mass is 10.0. The number of aliphatic carboxylic acids is 1. The first kappa shape index (κ1) is 29.4. The number of carboxylic acids is 1. The van der Waals surface area contributed by atoms with Gasteiger partial charge in [-0.3, -0.25) is 24.0 Å². The van der Waals surface area contributed by atoms with E-state index in [0.29, 0.717) is 18.5 Å². The van der Waals surface area contributed by atoms with Crippen LogP contribution in [0.5, 0.6) is 5.75 Å². The molecule has 35 heavy (non-hydrogen) atoms. The molecule has 0 heterocycles. The molecular formula is C23H35N5O7. The minimum atomic E-state index is -1.26. The van der Waals surface area contributed by atoms with E-state index in [-0.39, 0.29) is 31.4 Å². The Hall–Kier alpha value is -3.67. The second-order valence-corrected chi connectivity index (χ2v) is 8.22. The maximum Gasteiger partial charge on any atom is 0.325 e. The third-order valence-electron chi connectivity index (χ3n) is 5.18. The van der Waals surface area contributed by atoms with Crippen molar-refractivity contribution in [1.82, 2.24) is 16.0 Å². The van der Waals surface area contributed by atoms with Gasteiger partial charge in [-0.1, -0.05) is 18.6 Å². The number of hydrogen-bond acceptors (Lipinski definition) is 7. The highest BCUT2D eigenvalue weighted by Crippen LogP contribution is 2.12. The van der Waals surface area contributed by atoms with Crippen LogP contribution < -0.4 is 27.4 Å². The molecule has 194 valence electrons. The Bertz CT molecular complexity index is 876. The van der Waals surface area contributed by atoms with E-state index in [0.717, 1.165) is 12.8 Å². The van der Waals surface area contributed by atoms with Crippen LogP contribution in [-0.2, 0) is 30.4 Å². The number of benzene rings is 1. The molecule has 0 aromatic heterocycles. The number of nitrogens with two attached hydrogens (primary N) is 2. The molecule has 0 aliphatic heterocycles. The lowest BCUT2D eigenvalue weighted by molar-refractivity contribution is -0.141. The van der Waals surface area contributed by atoms with Crippen molar-refractivity contribution in [2.75, 3.05) is 6.54 Å². The molecular weight excluding hydrogens is 458 g/mol. The minimum absolute atomic E-state index is 0.0129. The molecule has 1 rings (SSSR count). The van der Waals surface area contributed by atoms with Crippen molar-refractivity contribution < 1.29 is 34.2 Å². The van der Waals surface area contributed by atoms with Gasteiger partial charge < -0.3 is 37.6 Å². The fourth-order valence-corrected chi connectivity index (χ4v) is 3.15. The number of carbonyl (C=O) groups excluding carboxylic acids is 4. The summed E-state index contributed by atoms with van der Waals surface area (Å²) in [5, 5.41) is 26.0. The largest absolute Gasteiger partial charge is 0.508 e. The predicted molar refractivity (Wildman–Crippen MR) is 127 cm³/mol. The fraction of sp³-hybridized carbons (Fsp3) is 0.522. The monoisotopic (exact) mass is 493 g/mol. The van der Waals surface area contributed by atoms with Crippen molar-refractivity contribution in [3.05, 3.63) is 29.8 Å². The van der Waals surface area contributed by atoms with Crippen molar-refractivity contribution in [2.24, 2.45) is 11.5 Å². The van der Waals surface area contributed by atoms with Crippen LogP contribution in [0.2, 0.25) is 0 Å². The lowest BCUT2D eigenvalue weighted by Gasteiger charge is -2.24. The van der Waals surface area contributed by atoms with E-state index in [1.165, 1.54) is 19.1 Å². The van der Waals surface area contributed by atoms with Gasteiger partial charge in [0.15, 0.2) is 0 Å². The molecule has 12 heteroatoms. The molecule has 0 fully saturated rings. The number of aromatic hydroxyl groups is 1. The van der Waals surface area contributed by atoms with E-state index in [9.17, 15) is 29.1 Å². The van der Waals surface area contributed by atoms with Gasteiger partial charge in [0.05, 0.1) is 0 Å². The van der Waals surface area contributed by atoms with Crippen LogP contribution in [0.4, 0.5) is 0 Å². The molecule has 0 saturated carbocycles. The van der Waals surface area contributed by atoms with Crippen LogP contribution in [0.15, 0.2) is 24.3 Å². The second-order valence-electron chi connectivity index (χ2n) is 8.22. The average molecular weight is 494 g/mol. The van der Waals surface area contributed by atoms with Crippen LogP contribution in [0.25, 0.3) is 0 Å². The van der Waals surface area contributed by atoms with E-state index in [2.05, 4.69) is 16.0 Å². The summed E-state index contributed by atoms with van der Waals surface area (Å²) in [7, 11) is 0. The first-order valence-corrected chi connectivity index (χ1v) is 11.4. The number of phenols is 1. The standard InChI is InChI=1S/C23H35N5O7/c1-14(23(34)35)26-22(33)18(13-15-6-8-16(29)9-7-15)28-21(32)17(10-11-19(25)30)27-20(31)5-3-2-4-12-24/h6-9,14,17-18,29H,2-5,10-13,24H2,1H3,(H2,25,30)(H,26,33)(H,27,31)(H,28,32)(H,34,35)/t14-,17-,18-/m0/s1. The number of hydrogen-bond donors (Lipinski definition) is 7. The minimum Gasteiger partial charge on any atom is -0.508 e. The molecule has 12 nitrogen and oxygen atoms in total. The number of primary amides is 1. The van der Waals surface area contributed by atoms with Crippen molar-refractivity contribution in [3.63, 3.8) is 0 Å². The topological polar surface area (TPSA) is 214 Å². The van der Waals surface area contributed by atoms with Gasteiger partial charge in [0.2, 0.25) is 23.6 Å². The zero-order chi connectivity index (χ0) is 26.4. The Morgan fingerprint density at radius 1 is 0.886 bits per heavy atom. The molecule has 1 aromatic carbocycles. The third kappa shape index (κ3) is 11.8. The summed E-state index contributed by atoms with van der Waals surface area (Å²) in [6, 6.07) is 2.40. The number of amides is 4. The van der Waals surface area contributed by atoms with Crippen molar-refractivity contribution in [2.45, 2.75) is 70.0 Å². The van der Waals surface area contributed by atoms with Gasteiger partial charge in [-0.2, -0.15) is 0 Å². The van der Waals surface area contributed by atoms with Crippen molar-refractivity contribution in [3.8, 4) is 5.75 Å². The normalized spacial score (nSPS) is 13.2. The Kier molecular flexibility index (Phi) is 12.8. The fourth-order valence-electron chi connectivity index (χ4n) is 3.15. The Morgan fingerprint density at radius 2 is 1.51 bits per heavy atom. The van der Waals surface area contributed by atoms with E-state index >= 15 is 0 Å². The highest BCUT2D eigenvalue weighted by atomic mass is 16.4. The number of rotatable bonds is 16. The van der Waals surface area contributed by atoms with E-state index in [4.69, 9.17) is 16.6 Å². The summed E-state index contributed by atoms with van der Waals surface area (Å²) >= 11 is 0. The van der Waals surface area contributed by atoms with Crippen LogP contribution in [0, 0.1) is 0 Å². The maximum atomic E-state index is 13.0. The lowest BCUT2D eigenvalue weighted by Crippen LogP contribution is -2.56. The van der Waals surface area contributed by atoms with E-state index < -0.39 is 47.7 Å². The molecule has 0 spiro atoms. The van der Waals surface area contributed by atoms with Crippen molar-refractivity contribution in [1.29, 1.82) is 0 Å². The zero-order valence-electron chi connectivity index (χ0n) is 19.8. The molecule has 1 aromatic rings. The summed E-state index contributed by atoms with van der Waals surface area (Å²) < 4.78 is 0. The van der Waals surface area contributed by atoms with Gasteiger partial charge >= 0.3 is 5.97 Å². The van der Waals surface area contributed by atoms with Crippen LogP contribution in [0.3, 0.4) is 0 Å². The van der Waals surface area contributed by atoms with Gasteiger partial charge in [0, 0.05) is 19.3 Å². The van der Waals surface area contributed by atoms with Crippen LogP contribution in [0.1, 0.15) is 51.0 Å². The highest BCUT2D eigenvalue weighted by molar-refractivity contribution is 5.93. The molecule has 0 saturated heterocycles.